The van der Waals surface area contributed by atoms with Crippen LogP contribution < -0.4 is 5.32 Å². The van der Waals surface area contributed by atoms with Gasteiger partial charge < -0.3 is 5.32 Å². The molecule has 0 aliphatic rings. The van der Waals surface area contributed by atoms with E-state index in [2.05, 4.69) is 17.9 Å². The number of amides is 1. The van der Waals surface area contributed by atoms with Gasteiger partial charge in [-0.2, -0.15) is 24.0 Å². The molecule has 4 heteroatoms. The molecule has 60 valence electrons. The van der Waals surface area contributed by atoms with Crippen molar-refractivity contribution in [2.45, 2.75) is 0 Å². The Bertz CT molecular complexity index is 220. The van der Waals surface area contributed by atoms with Crippen molar-refractivity contribution in [1.82, 2.24) is 5.32 Å². The van der Waals surface area contributed by atoms with Gasteiger partial charge in [0.15, 0.2) is 0 Å². The standard InChI is InChI=1S/C7H9NOS2/c9-7(8-2-3-10)6-1-4-11-5-6/h1,4-5,10H,2-3H2,(H,8,9). The summed E-state index contributed by atoms with van der Waals surface area (Å²) in [4.78, 5) is 11.1. The van der Waals surface area contributed by atoms with Gasteiger partial charge in [0.25, 0.3) is 5.91 Å². The van der Waals surface area contributed by atoms with Crippen molar-refractivity contribution in [1.29, 1.82) is 0 Å². The van der Waals surface area contributed by atoms with Crippen LogP contribution in [0, 0.1) is 0 Å². The zero-order chi connectivity index (χ0) is 8.10. The fraction of sp³-hybridized carbons (Fsp3) is 0.286. The van der Waals surface area contributed by atoms with Crippen LogP contribution in [0.5, 0.6) is 0 Å². The van der Waals surface area contributed by atoms with Crippen LogP contribution in [0.25, 0.3) is 0 Å². The van der Waals surface area contributed by atoms with E-state index in [0.29, 0.717) is 12.3 Å². The van der Waals surface area contributed by atoms with Crippen LogP contribution in [0.15, 0.2) is 16.8 Å². The number of thiophene rings is 1. The minimum absolute atomic E-state index is 0.0136. The van der Waals surface area contributed by atoms with Crippen molar-refractivity contribution in [3.8, 4) is 0 Å². The molecule has 1 heterocycles. The van der Waals surface area contributed by atoms with Gasteiger partial charge >= 0.3 is 0 Å². The lowest BCUT2D eigenvalue weighted by atomic mass is 10.3. The molecule has 0 aliphatic carbocycles. The number of thiol groups is 1. The Morgan fingerprint density at radius 3 is 3.09 bits per heavy atom. The molecule has 0 spiro atoms. The Kier molecular flexibility index (Phi) is 3.45. The molecule has 1 amide bonds. The fourth-order valence-electron chi connectivity index (χ4n) is 0.665. The van der Waals surface area contributed by atoms with E-state index in [0.717, 1.165) is 5.56 Å². The highest BCUT2D eigenvalue weighted by Gasteiger charge is 2.02. The molecule has 2 nitrogen and oxygen atoms in total. The van der Waals surface area contributed by atoms with Crippen molar-refractivity contribution >= 4 is 29.9 Å². The molecule has 0 fully saturated rings. The van der Waals surface area contributed by atoms with E-state index in [1.165, 1.54) is 11.3 Å². The lowest BCUT2D eigenvalue weighted by molar-refractivity contribution is 0.0956. The third-order valence-corrected chi connectivity index (χ3v) is 2.09. The molecule has 0 atom stereocenters. The first-order chi connectivity index (χ1) is 5.34. The van der Waals surface area contributed by atoms with Crippen molar-refractivity contribution in [2.75, 3.05) is 12.3 Å². The molecule has 0 radical (unpaired) electrons. The van der Waals surface area contributed by atoms with E-state index < -0.39 is 0 Å². The summed E-state index contributed by atoms with van der Waals surface area (Å²) in [7, 11) is 0. The van der Waals surface area contributed by atoms with Crippen LogP contribution >= 0.6 is 24.0 Å². The van der Waals surface area contributed by atoms with Gasteiger partial charge in [0.05, 0.1) is 0 Å². The molecule has 0 saturated heterocycles. The highest BCUT2D eigenvalue weighted by molar-refractivity contribution is 7.80. The maximum absolute atomic E-state index is 11.1. The summed E-state index contributed by atoms with van der Waals surface area (Å²) in [6.07, 6.45) is 0. The summed E-state index contributed by atoms with van der Waals surface area (Å²) in [5, 5.41) is 6.44. The van der Waals surface area contributed by atoms with Gasteiger partial charge in [-0.1, -0.05) is 0 Å². The number of rotatable bonds is 3. The smallest absolute Gasteiger partial charge is 0.252 e. The topological polar surface area (TPSA) is 29.1 Å². The zero-order valence-corrected chi connectivity index (χ0v) is 7.62. The molecule has 1 aromatic heterocycles. The monoisotopic (exact) mass is 187 g/mol. The number of hydrogen-bond acceptors (Lipinski definition) is 3. The second-order valence-corrected chi connectivity index (χ2v) is 3.22. The summed E-state index contributed by atoms with van der Waals surface area (Å²) >= 11 is 5.50. The predicted octanol–water partition coefficient (Wildman–Crippen LogP) is 1.41. The van der Waals surface area contributed by atoms with Crippen LogP contribution in [0.4, 0.5) is 0 Å². The molecule has 11 heavy (non-hydrogen) atoms. The van der Waals surface area contributed by atoms with Crippen molar-refractivity contribution in [2.24, 2.45) is 0 Å². The van der Waals surface area contributed by atoms with Gasteiger partial charge in [-0.05, 0) is 11.4 Å². The summed E-state index contributed by atoms with van der Waals surface area (Å²) in [5.41, 5.74) is 0.733. The molecular formula is C7H9NOS2. The average molecular weight is 187 g/mol. The quantitative estimate of drug-likeness (QED) is 0.688. The van der Waals surface area contributed by atoms with Gasteiger partial charge in [-0.3, -0.25) is 4.79 Å². The predicted molar refractivity (Wildman–Crippen MR) is 50.5 cm³/mol. The highest BCUT2D eigenvalue weighted by atomic mass is 32.1. The maximum Gasteiger partial charge on any atom is 0.252 e. The Balaban J connectivity index is 2.43. The van der Waals surface area contributed by atoms with E-state index in [1.54, 1.807) is 6.07 Å². The Morgan fingerprint density at radius 2 is 2.55 bits per heavy atom. The number of carbonyl (C=O) groups is 1. The second kappa shape index (κ2) is 4.41. The average Bonchev–Trinajstić information content (AvgIpc) is 2.52. The molecule has 0 unspecified atom stereocenters. The third kappa shape index (κ3) is 2.55. The SMILES string of the molecule is O=C(NCCS)c1ccsc1. The molecular weight excluding hydrogens is 178 g/mol. The van der Waals surface area contributed by atoms with Crippen LogP contribution in [0.1, 0.15) is 10.4 Å². The van der Waals surface area contributed by atoms with Crippen molar-refractivity contribution in [3.05, 3.63) is 22.4 Å². The van der Waals surface area contributed by atoms with Crippen LogP contribution in [0.2, 0.25) is 0 Å². The lowest BCUT2D eigenvalue weighted by Gasteiger charge is -1.98. The molecule has 0 bridgehead atoms. The largest absolute Gasteiger partial charge is 0.351 e. The van der Waals surface area contributed by atoms with Gasteiger partial charge in [0.1, 0.15) is 0 Å². The summed E-state index contributed by atoms with van der Waals surface area (Å²) < 4.78 is 0. The van der Waals surface area contributed by atoms with Crippen LogP contribution in [0.3, 0.4) is 0 Å². The van der Waals surface area contributed by atoms with Gasteiger partial charge in [-0.15, -0.1) is 0 Å². The first kappa shape index (κ1) is 8.62. The summed E-state index contributed by atoms with van der Waals surface area (Å²) in [6.45, 7) is 0.623. The molecule has 1 rings (SSSR count). The van der Waals surface area contributed by atoms with E-state index >= 15 is 0 Å². The number of nitrogens with one attached hydrogen (secondary N) is 1. The normalized spacial score (nSPS) is 9.55. The van der Waals surface area contributed by atoms with Crippen LogP contribution in [-0.2, 0) is 0 Å². The molecule has 0 saturated carbocycles. The molecule has 1 N–H and O–H groups in total. The molecule has 0 aliphatic heterocycles. The first-order valence-corrected chi connectivity index (χ1v) is 4.83. The third-order valence-electron chi connectivity index (χ3n) is 1.18. The minimum atomic E-state index is -0.0136. The number of carbonyl (C=O) groups excluding carboxylic acids is 1. The van der Waals surface area contributed by atoms with Gasteiger partial charge in [0.2, 0.25) is 0 Å². The second-order valence-electron chi connectivity index (χ2n) is 1.99. The maximum atomic E-state index is 11.1. The van der Waals surface area contributed by atoms with Gasteiger partial charge in [0, 0.05) is 23.2 Å². The zero-order valence-electron chi connectivity index (χ0n) is 5.91. The Hall–Kier alpha value is -0.480. The molecule has 0 aromatic carbocycles. The van der Waals surface area contributed by atoms with Crippen molar-refractivity contribution < 1.29 is 4.79 Å². The number of hydrogen-bond donors (Lipinski definition) is 2. The van der Waals surface area contributed by atoms with E-state index in [4.69, 9.17) is 0 Å². The van der Waals surface area contributed by atoms with Gasteiger partial charge in [-0.25, -0.2) is 0 Å². The van der Waals surface area contributed by atoms with E-state index in [9.17, 15) is 4.79 Å². The lowest BCUT2D eigenvalue weighted by Crippen LogP contribution is -2.24. The highest BCUT2D eigenvalue weighted by Crippen LogP contribution is 2.04. The Labute approximate surface area is 75.0 Å². The van der Waals surface area contributed by atoms with Crippen LogP contribution in [-0.4, -0.2) is 18.2 Å². The summed E-state index contributed by atoms with van der Waals surface area (Å²) in [5.74, 6) is 0.663. The minimum Gasteiger partial charge on any atom is -0.351 e. The first-order valence-electron chi connectivity index (χ1n) is 3.26. The Morgan fingerprint density at radius 1 is 1.73 bits per heavy atom. The van der Waals surface area contributed by atoms with Crippen molar-refractivity contribution in [3.63, 3.8) is 0 Å². The summed E-state index contributed by atoms with van der Waals surface area (Å²) in [6, 6.07) is 1.80. The molecule has 1 aromatic rings. The fourth-order valence-corrected chi connectivity index (χ4v) is 1.41. The van der Waals surface area contributed by atoms with E-state index in [1.807, 2.05) is 10.8 Å². The van der Waals surface area contributed by atoms with E-state index in [-0.39, 0.29) is 5.91 Å².